The Hall–Kier alpha value is -3.01. The minimum Gasteiger partial charge on any atom is -0.453 e. The maximum Gasteiger partial charge on any atom is 0.316 e. The van der Waals surface area contributed by atoms with Gasteiger partial charge in [-0.2, -0.15) is 5.10 Å². The molecular formula is C18H23N7O3. The van der Waals surface area contributed by atoms with Crippen LogP contribution in [0.4, 0.5) is 11.5 Å². The Morgan fingerprint density at radius 3 is 2.54 bits per heavy atom. The first-order chi connectivity index (χ1) is 13.8. The topological polar surface area (TPSA) is 96.8 Å². The smallest absolute Gasteiger partial charge is 0.316 e. The number of morpholine rings is 1. The van der Waals surface area contributed by atoms with Gasteiger partial charge in [-0.3, -0.25) is 4.79 Å². The monoisotopic (exact) mass is 385 g/mol. The molecule has 2 fully saturated rings. The second kappa shape index (κ2) is 8.79. The van der Waals surface area contributed by atoms with Gasteiger partial charge in [-0.15, -0.1) is 5.10 Å². The fourth-order valence-electron chi connectivity index (χ4n) is 3.26. The molecule has 10 nitrogen and oxygen atoms in total. The Kier molecular flexibility index (Phi) is 5.76. The molecule has 0 spiro atoms. The first kappa shape index (κ1) is 18.4. The molecule has 0 aromatic carbocycles. The molecule has 2 aromatic rings. The molecular weight excluding hydrogens is 362 g/mol. The number of anilines is 2. The number of carbonyl (C=O) groups excluding carboxylic acids is 1. The van der Waals surface area contributed by atoms with E-state index in [1.54, 1.807) is 29.6 Å². The maximum atomic E-state index is 12.4. The minimum absolute atomic E-state index is 0.0536. The molecule has 2 aromatic heterocycles. The van der Waals surface area contributed by atoms with Gasteiger partial charge in [0.15, 0.2) is 12.4 Å². The van der Waals surface area contributed by atoms with Crippen LogP contribution in [-0.4, -0.2) is 90.1 Å². The van der Waals surface area contributed by atoms with Gasteiger partial charge in [0.1, 0.15) is 0 Å². The second-order valence-corrected chi connectivity index (χ2v) is 6.56. The summed E-state index contributed by atoms with van der Waals surface area (Å²) in [7, 11) is 0. The zero-order valence-electron chi connectivity index (χ0n) is 15.6. The standard InChI is InChI=1S/C18H23N7O3/c26-17(14-28-18-19-2-1-3-20-18)25-6-4-23(5-7-25)15-12-16(22-21-13-15)24-8-10-27-11-9-24/h1-3,12-13H,4-11,14H2. The van der Waals surface area contributed by atoms with Crippen molar-refractivity contribution in [3.63, 3.8) is 0 Å². The van der Waals surface area contributed by atoms with Crippen molar-refractivity contribution in [1.29, 1.82) is 0 Å². The molecule has 148 valence electrons. The lowest BCUT2D eigenvalue weighted by atomic mass is 10.2. The first-order valence-corrected chi connectivity index (χ1v) is 9.37. The summed E-state index contributed by atoms with van der Waals surface area (Å²) in [6, 6.07) is 3.98. The van der Waals surface area contributed by atoms with Crippen molar-refractivity contribution in [2.45, 2.75) is 0 Å². The maximum absolute atomic E-state index is 12.4. The number of amides is 1. The van der Waals surface area contributed by atoms with Gasteiger partial charge < -0.3 is 24.2 Å². The van der Waals surface area contributed by atoms with Crippen molar-refractivity contribution >= 4 is 17.4 Å². The van der Waals surface area contributed by atoms with Crippen LogP contribution in [0.5, 0.6) is 6.01 Å². The SMILES string of the molecule is O=C(COc1ncccn1)N1CCN(c2cnnc(N3CCOCC3)c2)CC1. The summed E-state index contributed by atoms with van der Waals surface area (Å²) < 4.78 is 10.7. The number of rotatable bonds is 5. The lowest BCUT2D eigenvalue weighted by molar-refractivity contribution is -0.133. The Morgan fingerprint density at radius 2 is 1.79 bits per heavy atom. The third-order valence-electron chi connectivity index (χ3n) is 4.83. The molecule has 0 N–H and O–H groups in total. The fourth-order valence-corrected chi connectivity index (χ4v) is 3.26. The van der Waals surface area contributed by atoms with E-state index < -0.39 is 0 Å². The molecule has 0 atom stereocenters. The summed E-state index contributed by atoms with van der Waals surface area (Å²) in [5, 5.41) is 8.42. The highest BCUT2D eigenvalue weighted by Gasteiger charge is 2.23. The fraction of sp³-hybridized carbons (Fsp3) is 0.500. The number of ether oxygens (including phenoxy) is 2. The van der Waals surface area contributed by atoms with E-state index in [2.05, 4.69) is 36.0 Å². The van der Waals surface area contributed by atoms with Crippen LogP contribution in [0.2, 0.25) is 0 Å². The Bertz CT molecular complexity index is 778. The highest BCUT2D eigenvalue weighted by atomic mass is 16.5. The number of carbonyl (C=O) groups is 1. The molecule has 28 heavy (non-hydrogen) atoms. The van der Waals surface area contributed by atoms with Gasteiger partial charge in [0.05, 0.1) is 25.1 Å². The van der Waals surface area contributed by atoms with Crippen LogP contribution in [0.15, 0.2) is 30.7 Å². The molecule has 4 rings (SSSR count). The van der Waals surface area contributed by atoms with E-state index in [9.17, 15) is 4.79 Å². The third-order valence-corrected chi connectivity index (χ3v) is 4.83. The van der Waals surface area contributed by atoms with Gasteiger partial charge in [-0.05, 0) is 6.07 Å². The largest absolute Gasteiger partial charge is 0.453 e. The van der Waals surface area contributed by atoms with Gasteiger partial charge in [-0.1, -0.05) is 0 Å². The molecule has 0 aliphatic carbocycles. The predicted molar refractivity (Wildman–Crippen MR) is 101 cm³/mol. The Labute approximate surface area is 163 Å². The molecule has 2 saturated heterocycles. The van der Waals surface area contributed by atoms with Crippen LogP contribution in [0.1, 0.15) is 0 Å². The van der Waals surface area contributed by atoms with Crippen LogP contribution < -0.4 is 14.5 Å². The summed E-state index contributed by atoms with van der Waals surface area (Å²) in [6.07, 6.45) is 4.94. The normalized spacial score (nSPS) is 17.5. The second-order valence-electron chi connectivity index (χ2n) is 6.56. The van der Waals surface area contributed by atoms with Crippen molar-refractivity contribution in [3.05, 3.63) is 30.7 Å². The first-order valence-electron chi connectivity index (χ1n) is 9.37. The van der Waals surface area contributed by atoms with Gasteiger partial charge in [-0.25, -0.2) is 9.97 Å². The lowest BCUT2D eigenvalue weighted by Crippen LogP contribution is -2.50. The molecule has 0 saturated carbocycles. The molecule has 1 amide bonds. The van der Waals surface area contributed by atoms with Gasteiger partial charge in [0.25, 0.3) is 5.91 Å². The highest BCUT2D eigenvalue weighted by molar-refractivity contribution is 5.78. The van der Waals surface area contributed by atoms with Crippen LogP contribution in [0, 0.1) is 0 Å². The minimum atomic E-state index is -0.0611. The molecule has 4 heterocycles. The van der Waals surface area contributed by atoms with E-state index in [1.165, 1.54) is 0 Å². The van der Waals surface area contributed by atoms with Crippen molar-refractivity contribution in [3.8, 4) is 6.01 Å². The van der Waals surface area contributed by atoms with Crippen molar-refractivity contribution in [2.24, 2.45) is 0 Å². The highest BCUT2D eigenvalue weighted by Crippen LogP contribution is 2.21. The Morgan fingerprint density at radius 1 is 1.04 bits per heavy atom. The van der Waals surface area contributed by atoms with E-state index >= 15 is 0 Å². The number of nitrogens with zero attached hydrogens (tertiary/aromatic N) is 7. The van der Waals surface area contributed by atoms with Crippen molar-refractivity contribution in [1.82, 2.24) is 25.1 Å². The third kappa shape index (κ3) is 4.45. The summed E-state index contributed by atoms with van der Waals surface area (Å²) in [6.45, 7) is 5.76. The van der Waals surface area contributed by atoms with Crippen LogP contribution in [0.25, 0.3) is 0 Å². The van der Waals surface area contributed by atoms with Gasteiger partial charge in [0, 0.05) is 57.7 Å². The van der Waals surface area contributed by atoms with Gasteiger partial charge in [0.2, 0.25) is 0 Å². The number of piperazine rings is 1. The number of hydrogen-bond acceptors (Lipinski definition) is 9. The lowest BCUT2D eigenvalue weighted by Gasteiger charge is -2.36. The average Bonchev–Trinajstić information content (AvgIpc) is 2.79. The quantitative estimate of drug-likeness (QED) is 0.695. The average molecular weight is 385 g/mol. The molecule has 0 radical (unpaired) electrons. The summed E-state index contributed by atoms with van der Waals surface area (Å²) in [5.41, 5.74) is 1.03. The van der Waals surface area contributed by atoms with Crippen molar-refractivity contribution in [2.75, 3.05) is 68.9 Å². The number of hydrogen-bond donors (Lipinski definition) is 0. The Balaban J connectivity index is 1.29. The van der Waals surface area contributed by atoms with Crippen LogP contribution in [-0.2, 0) is 9.53 Å². The zero-order valence-corrected chi connectivity index (χ0v) is 15.6. The predicted octanol–water partition coefficient (Wildman–Crippen LogP) is -0.169. The zero-order chi connectivity index (χ0) is 19.2. The van der Waals surface area contributed by atoms with Gasteiger partial charge >= 0.3 is 6.01 Å². The van der Waals surface area contributed by atoms with E-state index in [0.717, 1.165) is 37.7 Å². The molecule has 0 bridgehead atoms. The van der Waals surface area contributed by atoms with Crippen LogP contribution in [0.3, 0.4) is 0 Å². The molecule has 0 unspecified atom stereocenters. The molecule has 2 aliphatic heterocycles. The summed E-state index contributed by atoms with van der Waals surface area (Å²) in [4.78, 5) is 26.5. The summed E-state index contributed by atoms with van der Waals surface area (Å²) >= 11 is 0. The molecule has 2 aliphatic rings. The molecule has 10 heteroatoms. The number of aromatic nitrogens is 4. The van der Waals surface area contributed by atoms with Crippen molar-refractivity contribution < 1.29 is 14.3 Å². The van der Waals surface area contributed by atoms with E-state index in [-0.39, 0.29) is 18.5 Å². The van der Waals surface area contributed by atoms with E-state index in [4.69, 9.17) is 9.47 Å². The summed E-state index contributed by atoms with van der Waals surface area (Å²) in [5.74, 6) is 0.810. The van der Waals surface area contributed by atoms with E-state index in [1.807, 2.05) is 0 Å². The van der Waals surface area contributed by atoms with E-state index in [0.29, 0.717) is 26.3 Å². The van der Waals surface area contributed by atoms with Crippen LogP contribution >= 0.6 is 0 Å².